The van der Waals surface area contributed by atoms with E-state index in [1.165, 1.54) is 21.7 Å². The van der Waals surface area contributed by atoms with E-state index in [1.54, 1.807) is 25.7 Å². The Hall–Kier alpha value is -1.41. The van der Waals surface area contributed by atoms with E-state index >= 15 is 0 Å². The van der Waals surface area contributed by atoms with Crippen molar-refractivity contribution in [2.24, 2.45) is 7.05 Å². The average molecular weight is 300 g/mol. The fourth-order valence-corrected chi connectivity index (χ4v) is 4.00. The van der Waals surface area contributed by atoms with Crippen molar-refractivity contribution in [1.82, 2.24) is 18.8 Å². The van der Waals surface area contributed by atoms with Crippen molar-refractivity contribution in [3.05, 3.63) is 12.5 Å². The first-order valence-electron chi connectivity index (χ1n) is 6.55. The van der Waals surface area contributed by atoms with Crippen molar-refractivity contribution < 1.29 is 13.2 Å². The molecule has 0 N–H and O–H groups in total. The molecule has 2 heterocycles. The van der Waals surface area contributed by atoms with Crippen LogP contribution in [-0.2, 0) is 21.9 Å². The Morgan fingerprint density at radius 1 is 1.40 bits per heavy atom. The van der Waals surface area contributed by atoms with Gasteiger partial charge in [0.2, 0.25) is 5.91 Å². The predicted octanol–water partition coefficient (Wildman–Crippen LogP) is 0.0515. The zero-order valence-corrected chi connectivity index (χ0v) is 12.8. The lowest BCUT2D eigenvalue weighted by Crippen LogP contribution is -2.51. The van der Waals surface area contributed by atoms with Crippen LogP contribution in [0.25, 0.3) is 0 Å². The number of amides is 1. The van der Waals surface area contributed by atoms with E-state index in [0.717, 1.165) is 12.8 Å². The molecule has 1 saturated heterocycles. The quantitative estimate of drug-likeness (QED) is 0.790. The number of aromatic nitrogens is 2. The van der Waals surface area contributed by atoms with Gasteiger partial charge in [0.15, 0.2) is 5.03 Å². The van der Waals surface area contributed by atoms with Crippen molar-refractivity contribution in [2.75, 3.05) is 20.6 Å². The van der Waals surface area contributed by atoms with Crippen LogP contribution in [-0.4, -0.2) is 59.8 Å². The summed E-state index contributed by atoms with van der Waals surface area (Å²) >= 11 is 0. The van der Waals surface area contributed by atoms with Crippen LogP contribution in [0.5, 0.6) is 0 Å². The van der Waals surface area contributed by atoms with Gasteiger partial charge in [0, 0.05) is 33.9 Å². The summed E-state index contributed by atoms with van der Waals surface area (Å²) in [6, 6.07) is -0.620. The molecule has 1 fully saturated rings. The minimum Gasteiger partial charge on any atom is -0.347 e. The predicted molar refractivity (Wildman–Crippen MR) is 73.4 cm³/mol. The summed E-state index contributed by atoms with van der Waals surface area (Å²) in [6.45, 7) is 0.364. The zero-order chi connectivity index (χ0) is 14.9. The third-order valence-electron chi connectivity index (χ3n) is 3.43. The summed E-state index contributed by atoms with van der Waals surface area (Å²) < 4.78 is 28.1. The first-order valence-corrected chi connectivity index (χ1v) is 7.99. The van der Waals surface area contributed by atoms with Crippen LogP contribution in [0, 0.1) is 0 Å². The Balaban J connectivity index is 2.34. The van der Waals surface area contributed by atoms with E-state index in [-0.39, 0.29) is 10.9 Å². The largest absolute Gasteiger partial charge is 0.347 e. The lowest BCUT2D eigenvalue weighted by Gasteiger charge is -2.34. The Labute approximate surface area is 119 Å². The van der Waals surface area contributed by atoms with Gasteiger partial charge in [0.25, 0.3) is 10.0 Å². The summed E-state index contributed by atoms with van der Waals surface area (Å²) in [5.41, 5.74) is 0. The Kier molecular flexibility index (Phi) is 4.14. The molecule has 1 unspecified atom stereocenters. The molecule has 1 aliphatic heterocycles. The molecular weight excluding hydrogens is 280 g/mol. The molecule has 7 nitrogen and oxygen atoms in total. The fraction of sp³-hybridized carbons (Fsp3) is 0.667. The van der Waals surface area contributed by atoms with Crippen LogP contribution in [0.1, 0.15) is 19.3 Å². The fourth-order valence-electron chi connectivity index (χ4n) is 2.38. The third-order valence-corrected chi connectivity index (χ3v) is 5.23. The molecule has 20 heavy (non-hydrogen) atoms. The minimum absolute atomic E-state index is 0.00143. The number of hydrogen-bond donors (Lipinski definition) is 0. The van der Waals surface area contributed by atoms with Crippen molar-refractivity contribution in [1.29, 1.82) is 0 Å². The molecule has 1 atom stereocenters. The molecule has 1 aliphatic rings. The summed E-state index contributed by atoms with van der Waals surface area (Å²) in [4.78, 5) is 17.5. The molecule has 8 heteroatoms. The van der Waals surface area contributed by atoms with Gasteiger partial charge in [-0.1, -0.05) is 6.42 Å². The van der Waals surface area contributed by atoms with Gasteiger partial charge in [-0.25, -0.2) is 13.4 Å². The highest BCUT2D eigenvalue weighted by Crippen LogP contribution is 2.25. The molecule has 0 spiro atoms. The molecule has 0 saturated carbocycles. The van der Waals surface area contributed by atoms with Gasteiger partial charge in [-0.2, -0.15) is 4.31 Å². The maximum Gasteiger partial charge on any atom is 0.262 e. The lowest BCUT2D eigenvalue weighted by atomic mass is 10.0. The third kappa shape index (κ3) is 2.71. The number of rotatable bonds is 3. The summed E-state index contributed by atoms with van der Waals surface area (Å²) in [7, 11) is 1.28. The highest BCUT2D eigenvalue weighted by atomic mass is 32.2. The molecule has 0 bridgehead atoms. The number of imidazole rings is 1. The average Bonchev–Trinajstić information content (AvgIpc) is 2.85. The monoisotopic (exact) mass is 300 g/mol. The van der Waals surface area contributed by atoms with Crippen LogP contribution >= 0.6 is 0 Å². The number of likely N-dealkylation sites (N-methyl/N-ethyl adjacent to an activating group) is 1. The first-order chi connectivity index (χ1) is 9.34. The van der Waals surface area contributed by atoms with Crippen molar-refractivity contribution in [2.45, 2.75) is 30.3 Å². The highest BCUT2D eigenvalue weighted by Gasteiger charge is 2.39. The van der Waals surface area contributed by atoms with Crippen LogP contribution in [0.3, 0.4) is 0 Å². The van der Waals surface area contributed by atoms with Gasteiger partial charge in [-0.15, -0.1) is 0 Å². The highest BCUT2D eigenvalue weighted by molar-refractivity contribution is 7.89. The van der Waals surface area contributed by atoms with E-state index in [4.69, 9.17) is 0 Å². The van der Waals surface area contributed by atoms with E-state index < -0.39 is 16.1 Å². The number of sulfonamides is 1. The standard InChI is InChI=1S/C12H20N4O3S/c1-14(2)12(17)10-6-4-5-7-16(10)20(18,19)11-8-15(3)9-13-11/h8-10H,4-7H2,1-3H3. The second-order valence-electron chi connectivity index (χ2n) is 5.24. The van der Waals surface area contributed by atoms with E-state index in [2.05, 4.69) is 4.98 Å². The van der Waals surface area contributed by atoms with Crippen molar-refractivity contribution in [3.8, 4) is 0 Å². The van der Waals surface area contributed by atoms with E-state index in [0.29, 0.717) is 13.0 Å². The number of hydrogen-bond acceptors (Lipinski definition) is 4. The van der Waals surface area contributed by atoms with E-state index in [1.807, 2.05) is 0 Å². The molecule has 112 valence electrons. The number of nitrogens with zero attached hydrogens (tertiary/aromatic N) is 4. The van der Waals surface area contributed by atoms with E-state index in [9.17, 15) is 13.2 Å². The smallest absolute Gasteiger partial charge is 0.262 e. The zero-order valence-electron chi connectivity index (χ0n) is 12.0. The van der Waals surface area contributed by atoms with Crippen LogP contribution < -0.4 is 0 Å². The van der Waals surface area contributed by atoms with Gasteiger partial charge in [0.05, 0.1) is 6.33 Å². The van der Waals surface area contributed by atoms with Gasteiger partial charge in [-0.05, 0) is 12.8 Å². The maximum atomic E-state index is 12.6. The molecule has 2 rings (SSSR count). The molecule has 0 aromatic carbocycles. The second kappa shape index (κ2) is 5.53. The number of piperidine rings is 1. The van der Waals surface area contributed by atoms with Crippen LogP contribution in [0.15, 0.2) is 17.6 Å². The Morgan fingerprint density at radius 2 is 2.10 bits per heavy atom. The molecule has 1 amide bonds. The normalized spacial score (nSPS) is 20.9. The number of carbonyl (C=O) groups excluding carboxylic acids is 1. The SMILES string of the molecule is CN(C)C(=O)C1CCCCN1S(=O)(=O)c1cn(C)cn1. The van der Waals surface area contributed by atoms with Gasteiger partial charge in [0.1, 0.15) is 6.04 Å². The summed E-state index contributed by atoms with van der Waals surface area (Å²) in [5.74, 6) is -0.177. The topological polar surface area (TPSA) is 75.5 Å². The van der Waals surface area contributed by atoms with Crippen LogP contribution in [0.2, 0.25) is 0 Å². The number of aryl methyl sites for hydroxylation is 1. The maximum absolute atomic E-state index is 12.6. The Morgan fingerprint density at radius 3 is 2.65 bits per heavy atom. The summed E-state index contributed by atoms with van der Waals surface area (Å²) in [6.07, 6.45) is 5.09. The van der Waals surface area contributed by atoms with Gasteiger partial charge < -0.3 is 9.47 Å². The molecule has 1 aromatic heterocycles. The lowest BCUT2D eigenvalue weighted by molar-refractivity contribution is -0.133. The molecule has 0 aliphatic carbocycles. The Bertz CT molecular complexity index is 594. The van der Waals surface area contributed by atoms with Gasteiger partial charge in [-0.3, -0.25) is 4.79 Å². The second-order valence-corrected chi connectivity index (χ2v) is 7.07. The van der Waals surface area contributed by atoms with Crippen LogP contribution in [0.4, 0.5) is 0 Å². The van der Waals surface area contributed by atoms with Crippen molar-refractivity contribution in [3.63, 3.8) is 0 Å². The van der Waals surface area contributed by atoms with Crippen molar-refractivity contribution >= 4 is 15.9 Å². The van der Waals surface area contributed by atoms with Gasteiger partial charge >= 0.3 is 0 Å². The molecule has 0 radical (unpaired) electrons. The molecular formula is C12H20N4O3S. The number of carbonyl (C=O) groups is 1. The minimum atomic E-state index is -3.72. The summed E-state index contributed by atoms with van der Waals surface area (Å²) in [5, 5.41) is -0.00143. The molecule has 1 aromatic rings. The first kappa shape index (κ1) is 15.0.